The fraction of sp³-hybridized carbons (Fsp3) is 0.568. The molecule has 1 aliphatic heterocycles. The van der Waals surface area contributed by atoms with Crippen LogP contribution in [0.4, 0.5) is 0 Å². The Bertz CT molecular complexity index is 1420. The predicted octanol–water partition coefficient (Wildman–Crippen LogP) is 2.54. The van der Waals surface area contributed by atoms with E-state index in [1.165, 1.54) is 7.11 Å². The summed E-state index contributed by atoms with van der Waals surface area (Å²) in [6.07, 6.45) is -2.17. The van der Waals surface area contributed by atoms with Gasteiger partial charge in [-0.3, -0.25) is 9.59 Å². The number of hydrogen-bond acceptors (Lipinski definition) is 9. The zero-order valence-electron chi connectivity index (χ0n) is 29.8. The van der Waals surface area contributed by atoms with E-state index in [0.717, 1.165) is 22.3 Å². The lowest BCUT2D eigenvalue weighted by molar-refractivity contribution is -0.232. The van der Waals surface area contributed by atoms with Gasteiger partial charge in [-0.1, -0.05) is 50.3 Å². The van der Waals surface area contributed by atoms with E-state index in [1.54, 1.807) is 27.7 Å². The summed E-state index contributed by atoms with van der Waals surface area (Å²) in [5.41, 5.74) is 2.52. The van der Waals surface area contributed by atoms with Crippen LogP contribution in [-0.4, -0.2) is 108 Å². The van der Waals surface area contributed by atoms with Crippen LogP contribution < -0.4 is 15.4 Å². The van der Waals surface area contributed by atoms with Gasteiger partial charge >= 0.3 is 0 Å². The molecule has 0 spiro atoms. The number of nitrogens with zero attached hydrogens (tertiary/aromatic N) is 1. The Hall–Kier alpha value is -3.32. The Kier molecular flexibility index (Phi) is 13.4. The Morgan fingerprint density at radius 3 is 2.21 bits per heavy atom. The maximum Gasteiger partial charge on any atom is 0.245 e. The molecule has 1 aliphatic rings. The van der Waals surface area contributed by atoms with Gasteiger partial charge in [-0.05, 0) is 88.5 Å². The van der Waals surface area contributed by atoms with E-state index in [-0.39, 0.29) is 17.7 Å². The Morgan fingerprint density at radius 2 is 1.65 bits per heavy atom. The van der Waals surface area contributed by atoms with Crippen molar-refractivity contribution in [2.75, 3.05) is 40.9 Å². The van der Waals surface area contributed by atoms with Crippen LogP contribution in [0.3, 0.4) is 0 Å². The number of ether oxygens (including phenoxy) is 2. The highest BCUT2D eigenvalue weighted by Crippen LogP contribution is 2.40. The smallest absolute Gasteiger partial charge is 0.245 e. The third-order valence-corrected chi connectivity index (χ3v) is 8.80. The van der Waals surface area contributed by atoms with Crippen molar-refractivity contribution < 1.29 is 39.5 Å². The Morgan fingerprint density at radius 1 is 1.00 bits per heavy atom. The summed E-state index contributed by atoms with van der Waals surface area (Å²) >= 11 is 0. The molecule has 2 aromatic rings. The first-order valence-corrected chi connectivity index (χ1v) is 16.5. The normalized spacial score (nSPS) is 21.9. The topological polar surface area (TPSA) is 161 Å². The second-order valence-electron chi connectivity index (χ2n) is 14.3. The number of nitrogens with one attached hydrogen (secondary N) is 2. The third kappa shape index (κ3) is 9.64. The van der Waals surface area contributed by atoms with E-state index in [0.29, 0.717) is 30.8 Å². The van der Waals surface area contributed by atoms with Gasteiger partial charge in [0.25, 0.3) is 0 Å². The average Bonchev–Trinajstić information content (AvgIpc) is 3.02. The van der Waals surface area contributed by atoms with Gasteiger partial charge in [0.15, 0.2) is 0 Å². The minimum Gasteiger partial charge on any atom is -0.496 e. The van der Waals surface area contributed by atoms with Gasteiger partial charge in [0.1, 0.15) is 41.8 Å². The van der Waals surface area contributed by atoms with Crippen LogP contribution in [0.15, 0.2) is 42.5 Å². The van der Waals surface area contributed by atoms with E-state index in [9.17, 15) is 30.0 Å². The van der Waals surface area contributed by atoms with Crippen molar-refractivity contribution in [1.29, 1.82) is 0 Å². The lowest BCUT2D eigenvalue weighted by Gasteiger charge is -2.40. The summed E-state index contributed by atoms with van der Waals surface area (Å²) in [4.78, 5) is 27.8. The molecule has 5 atom stereocenters. The molecule has 1 heterocycles. The van der Waals surface area contributed by atoms with Crippen LogP contribution >= 0.6 is 0 Å². The van der Waals surface area contributed by atoms with Gasteiger partial charge in [0.2, 0.25) is 11.8 Å². The number of benzene rings is 2. The molecule has 3 rings (SSSR count). The SMILES string of the molecule is COc1cc(C(C)C)c(Cc2ccc(/C=C/C(C)(C)C(=O)NC(C)(C)C(=O)NCCN(C)C)cc2)cc1[C@@H]1O[C@H](CO)[C@@H](O)[C@H](O)[C@H]1O. The van der Waals surface area contributed by atoms with Crippen LogP contribution in [0.25, 0.3) is 6.08 Å². The Labute approximate surface area is 285 Å². The quantitative estimate of drug-likeness (QED) is 0.178. The van der Waals surface area contributed by atoms with E-state index in [1.807, 2.05) is 67.5 Å². The van der Waals surface area contributed by atoms with E-state index < -0.39 is 48.1 Å². The molecule has 11 heteroatoms. The van der Waals surface area contributed by atoms with Crippen LogP contribution in [0, 0.1) is 5.41 Å². The number of amides is 2. The molecule has 0 aliphatic carbocycles. The van der Waals surface area contributed by atoms with E-state index >= 15 is 0 Å². The van der Waals surface area contributed by atoms with Gasteiger partial charge < -0.3 is 45.4 Å². The first kappa shape index (κ1) is 39.1. The van der Waals surface area contributed by atoms with Crippen LogP contribution in [0.2, 0.25) is 0 Å². The van der Waals surface area contributed by atoms with Crippen LogP contribution in [0.5, 0.6) is 5.75 Å². The molecule has 6 N–H and O–H groups in total. The summed E-state index contributed by atoms with van der Waals surface area (Å²) in [5.74, 6) is 0.125. The average molecular weight is 670 g/mol. The first-order chi connectivity index (χ1) is 22.4. The number of likely N-dealkylation sites (N-methyl/N-ethyl adjacent to an activating group) is 1. The van der Waals surface area contributed by atoms with Crippen molar-refractivity contribution in [2.24, 2.45) is 5.41 Å². The molecule has 0 saturated carbocycles. The molecule has 2 aromatic carbocycles. The minimum absolute atomic E-state index is 0.155. The first-order valence-electron chi connectivity index (χ1n) is 16.5. The van der Waals surface area contributed by atoms with Crippen molar-refractivity contribution in [3.63, 3.8) is 0 Å². The molecule has 0 aromatic heterocycles. The highest BCUT2D eigenvalue weighted by atomic mass is 16.5. The van der Waals surface area contributed by atoms with Crippen molar-refractivity contribution >= 4 is 17.9 Å². The van der Waals surface area contributed by atoms with E-state index in [4.69, 9.17) is 9.47 Å². The molecule has 0 unspecified atom stereocenters. The van der Waals surface area contributed by atoms with Crippen LogP contribution in [-0.2, 0) is 20.7 Å². The lowest BCUT2D eigenvalue weighted by atomic mass is 9.86. The molecule has 0 bridgehead atoms. The van der Waals surface area contributed by atoms with Crippen molar-refractivity contribution in [3.8, 4) is 5.75 Å². The van der Waals surface area contributed by atoms with E-state index in [2.05, 4.69) is 24.5 Å². The molecule has 266 valence electrons. The molecule has 11 nitrogen and oxygen atoms in total. The fourth-order valence-electron chi connectivity index (χ4n) is 5.57. The number of carbonyl (C=O) groups excluding carboxylic acids is 2. The second kappa shape index (κ2) is 16.4. The summed E-state index contributed by atoms with van der Waals surface area (Å²) in [6.45, 7) is 11.8. The number of aliphatic hydroxyl groups is 4. The van der Waals surface area contributed by atoms with Gasteiger partial charge in [-0.2, -0.15) is 0 Å². The predicted molar refractivity (Wildman–Crippen MR) is 186 cm³/mol. The zero-order valence-corrected chi connectivity index (χ0v) is 29.8. The van der Waals surface area contributed by atoms with Crippen molar-refractivity contribution in [3.05, 3.63) is 70.3 Å². The molecule has 0 radical (unpaired) electrons. The van der Waals surface area contributed by atoms with Gasteiger partial charge in [-0.15, -0.1) is 0 Å². The largest absolute Gasteiger partial charge is 0.496 e. The molecule has 48 heavy (non-hydrogen) atoms. The maximum atomic E-state index is 13.2. The van der Waals surface area contributed by atoms with Crippen molar-refractivity contribution in [2.45, 2.75) is 89.9 Å². The molecular formula is C37H55N3O8. The van der Waals surface area contributed by atoms with Gasteiger partial charge in [-0.25, -0.2) is 0 Å². The standard InChI is InChI=1S/C37H55N3O8/c1-22(2)26-20-28(47-9)27(33-32(44)31(43)30(42)29(21-41)48-33)19-25(26)18-24-12-10-23(11-13-24)14-15-36(3,4)34(45)39-37(5,6)35(46)38-16-17-40(7)8/h10-15,19-20,22,29-33,41-44H,16-18,21H2,1-9H3,(H,38,46)(H,39,45)/b15-14+/t29-,30-,31+,32-,33+/m1/s1. The maximum absolute atomic E-state index is 13.2. The molecule has 2 amide bonds. The Balaban J connectivity index is 1.78. The highest BCUT2D eigenvalue weighted by molar-refractivity contribution is 5.93. The summed E-state index contributed by atoms with van der Waals surface area (Å²) in [5, 5.41) is 47.0. The van der Waals surface area contributed by atoms with Gasteiger partial charge in [0.05, 0.1) is 19.1 Å². The summed E-state index contributed by atoms with van der Waals surface area (Å²) in [7, 11) is 5.38. The third-order valence-electron chi connectivity index (χ3n) is 8.80. The summed E-state index contributed by atoms with van der Waals surface area (Å²) in [6, 6.07) is 11.8. The number of rotatable bonds is 14. The zero-order chi connectivity index (χ0) is 36.0. The minimum atomic E-state index is -1.50. The van der Waals surface area contributed by atoms with Gasteiger partial charge in [0, 0.05) is 18.7 Å². The number of hydrogen-bond donors (Lipinski definition) is 6. The number of methoxy groups -OCH3 is 1. The second-order valence-corrected chi connectivity index (χ2v) is 14.3. The monoisotopic (exact) mass is 669 g/mol. The lowest BCUT2D eigenvalue weighted by Crippen LogP contribution is -2.57. The molecule has 1 saturated heterocycles. The summed E-state index contributed by atoms with van der Waals surface area (Å²) < 4.78 is 11.5. The van der Waals surface area contributed by atoms with Crippen molar-refractivity contribution in [1.82, 2.24) is 15.5 Å². The molecule has 1 fully saturated rings. The fourth-order valence-corrected chi connectivity index (χ4v) is 5.57. The number of aliphatic hydroxyl groups excluding tert-OH is 4. The van der Waals surface area contributed by atoms with Crippen LogP contribution in [0.1, 0.15) is 81.4 Å². The molecular weight excluding hydrogens is 614 g/mol. The highest BCUT2D eigenvalue weighted by Gasteiger charge is 2.45. The number of carbonyl (C=O) groups is 2.